The van der Waals surface area contributed by atoms with Gasteiger partial charge in [-0.25, -0.2) is 9.97 Å². The molecule has 1 heterocycles. The third-order valence-corrected chi connectivity index (χ3v) is 0.997. The standard InChI is InChI=1S/C5H3F3N2O/c6-5(7,8)3-1-9-2-10-4(3)11/h1-2H,(H,9,10,11). The summed E-state index contributed by atoms with van der Waals surface area (Å²) in [4.78, 5) is 6.09. The van der Waals surface area contributed by atoms with Gasteiger partial charge in [0.05, 0.1) is 0 Å². The van der Waals surface area contributed by atoms with Crippen molar-refractivity contribution in [2.45, 2.75) is 6.18 Å². The van der Waals surface area contributed by atoms with Gasteiger partial charge in [-0.2, -0.15) is 13.2 Å². The van der Waals surface area contributed by atoms with Gasteiger partial charge in [0.25, 0.3) is 0 Å². The predicted octanol–water partition coefficient (Wildman–Crippen LogP) is 1.20. The fraction of sp³-hybridized carbons (Fsp3) is 0.200. The highest BCUT2D eigenvalue weighted by Gasteiger charge is 2.34. The topological polar surface area (TPSA) is 46.0 Å². The number of alkyl halides is 3. The Morgan fingerprint density at radius 3 is 2.36 bits per heavy atom. The minimum absolute atomic E-state index is 0.516. The first-order chi connectivity index (χ1) is 5.02. The number of aromatic nitrogens is 2. The summed E-state index contributed by atoms with van der Waals surface area (Å²) in [5.41, 5.74) is -1.22. The summed E-state index contributed by atoms with van der Waals surface area (Å²) in [6, 6.07) is 0. The molecule has 0 aliphatic heterocycles. The Balaban J connectivity index is 3.14. The molecule has 0 fully saturated rings. The number of halogens is 3. The zero-order chi connectivity index (χ0) is 8.48. The molecule has 1 N–H and O–H groups in total. The summed E-state index contributed by atoms with van der Waals surface area (Å²) >= 11 is 0. The predicted molar refractivity (Wildman–Crippen MR) is 28.7 cm³/mol. The molecule has 6 heteroatoms. The highest BCUT2D eigenvalue weighted by molar-refractivity contribution is 5.23. The van der Waals surface area contributed by atoms with Crippen LogP contribution in [0.2, 0.25) is 0 Å². The zero-order valence-corrected chi connectivity index (χ0v) is 5.13. The summed E-state index contributed by atoms with van der Waals surface area (Å²) in [5.74, 6) is -1.05. The van der Waals surface area contributed by atoms with Gasteiger partial charge in [-0.1, -0.05) is 0 Å². The van der Waals surface area contributed by atoms with Gasteiger partial charge >= 0.3 is 6.18 Å². The van der Waals surface area contributed by atoms with E-state index in [2.05, 4.69) is 9.97 Å². The number of hydrogen-bond donors (Lipinski definition) is 1. The van der Waals surface area contributed by atoms with Crippen molar-refractivity contribution in [2.24, 2.45) is 0 Å². The Hall–Kier alpha value is -1.33. The van der Waals surface area contributed by atoms with Crippen molar-refractivity contribution in [2.75, 3.05) is 0 Å². The second-order valence-corrected chi connectivity index (χ2v) is 1.76. The first-order valence-electron chi connectivity index (χ1n) is 2.58. The molecule has 0 aromatic carbocycles. The molecule has 0 unspecified atom stereocenters. The lowest BCUT2D eigenvalue weighted by Gasteiger charge is -2.05. The van der Waals surface area contributed by atoms with Gasteiger partial charge in [0.15, 0.2) is 0 Å². The van der Waals surface area contributed by atoms with Gasteiger partial charge in [0.2, 0.25) is 5.88 Å². The molecule has 0 amide bonds. The summed E-state index contributed by atoms with van der Waals surface area (Å²) in [7, 11) is 0. The maximum Gasteiger partial charge on any atom is 0.423 e. The van der Waals surface area contributed by atoms with E-state index in [4.69, 9.17) is 5.11 Å². The molecule has 0 bridgehead atoms. The van der Waals surface area contributed by atoms with Crippen LogP contribution in [0.25, 0.3) is 0 Å². The molecule has 0 spiro atoms. The number of rotatable bonds is 0. The Kier molecular flexibility index (Phi) is 1.67. The summed E-state index contributed by atoms with van der Waals surface area (Å²) < 4.78 is 35.4. The van der Waals surface area contributed by atoms with Crippen molar-refractivity contribution in [3.8, 4) is 5.88 Å². The van der Waals surface area contributed by atoms with Gasteiger partial charge in [0, 0.05) is 6.20 Å². The Morgan fingerprint density at radius 2 is 2.00 bits per heavy atom. The molecule has 11 heavy (non-hydrogen) atoms. The van der Waals surface area contributed by atoms with Gasteiger partial charge < -0.3 is 5.11 Å². The fourth-order valence-corrected chi connectivity index (χ4v) is 0.523. The van der Waals surface area contributed by atoms with Crippen LogP contribution in [-0.2, 0) is 6.18 Å². The fourth-order valence-electron chi connectivity index (χ4n) is 0.523. The molecule has 0 aliphatic carbocycles. The van der Waals surface area contributed by atoms with Crippen molar-refractivity contribution in [1.29, 1.82) is 0 Å². The van der Waals surface area contributed by atoms with E-state index in [1.807, 2.05) is 0 Å². The average molecular weight is 164 g/mol. The lowest BCUT2D eigenvalue weighted by atomic mass is 10.3. The molecule has 3 nitrogen and oxygen atoms in total. The van der Waals surface area contributed by atoms with E-state index in [-0.39, 0.29) is 0 Å². The van der Waals surface area contributed by atoms with Crippen molar-refractivity contribution in [3.05, 3.63) is 18.1 Å². The van der Waals surface area contributed by atoms with E-state index < -0.39 is 17.6 Å². The average Bonchev–Trinajstić information content (AvgIpc) is 1.86. The van der Waals surface area contributed by atoms with E-state index in [1.165, 1.54) is 0 Å². The molecule has 0 saturated carbocycles. The quantitative estimate of drug-likeness (QED) is 0.626. The van der Waals surface area contributed by atoms with Gasteiger partial charge in [-0.15, -0.1) is 0 Å². The van der Waals surface area contributed by atoms with Crippen LogP contribution in [0.1, 0.15) is 5.56 Å². The molecule has 0 atom stereocenters. The second kappa shape index (κ2) is 2.37. The van der Waals surface area contributed by atoms with E-state index >= 15 is 0 Å². The molecule has 1 rings (SSSR count). The highest BCUT2D eigenvalue weighted by atomic mass is 19.4. The maximum atomic E-state index is 11.8. The number of aromatic hydroxyl groups is 1. The van der Waals surface area contributed by atoms with Crippen LogP contribution in [0.3, 0.4) is 0 Å². The molecular weight excluding hydrogens is 161 g/mol. The lowest BCUT2D eigenvalue weighted by Crippen LogP contribution is -2.06. The monoisotopic (exact) mass is 164 g/mol. The Bertz CT molecular complexity index is 260. The van der Waals surface area contributed by atoms with Gasteiger partial charge in [0.1, 0.15) is 11.9 Å². The summed E-state index contributed by atoms with van der Waals surface area (Å²) in [6.07, 6.45) is -3.24. The number of hydrogen-bond acceptors (Lipinski definition) is 3. The highest BCUT2D eigenvalue weighted by Crippen LogP contribution is 2.32. The van der Waals surface area contributed by atoms with Crippen LogP contribution >= 0.6 is 0 Å². The SMILES string of the molecule is Oc1ncncc1C(F)(F)F. The first-order valence-corrected chi connectivity index (χ1v) is 2.58. The third-order valence-electron chi connectivity index (χ3n) is 0.997. The zero-order valence-electron chi connectivity index (χ0n) is 5.13. The van der Waals surface area contributed by atoms with Crippen LogP contribution < -0.4 is 0 Å². The van der Waals surface area contributed by atoms with Crippen LogP contribution in [-0.4, -0.2) is 15.1 Å². The van der Waals surface area contributed by atoms with E-state index in [0.29, 0.717) is 6.20 Å². The molecule has 1 aromatic rings. The lowest BCUT2D eigenvalue weighted by molar-refractivity contribution is -0.139. The van der Waals surface area contributed by atoms with Crippen LogP contribution in [0, 0.1) is 0 Å². The third kappa shape index (κ3) is 1.57. The van der Waals surface area contributed by atoms with E-state index in [1.54, 1.807) is 0 Å². The first kappa shape index (κ1) is 7.77. The molecule has 0 aliphatic rings. The Morgan fingerprint density at radius 1 is 1.36 bits per heavy atom. The molecule has 0 radical (unpaired) electrons. The molecule has 0 saturated heterocycles. The minimum Gasteiger partial charge on any atom is -0.493 e. The molecular formula is C5H3F3N2O. The van der Waals surface area contributed by atoms with Gasteiger partial charge in [-0.3, -0.25) is 0 Å². The van der Waals surface area contributed by atoms with Crippen LogP contribution in [0.5, 0.6) is 5.88 Å². The normalized spacial score (nSPS) is 11.5. The smallest absolute Gasteiger partial charge is 0.423 e. The van der Waals surface area contributed by atoms with Crippen LogP contribution in [0.15, 0.2) is 12.5 Å². The molecule has 60 valence electrons. The second-order valence-electron chi connectivity index (χ2n) is 1.76. The largest absolute Gasteiger partial charge is 0.493 e. The maximum absolute atomic E-state index is 11.8. The van der Waals surface area contributed by atoms with E-state index in [0.717, 1.165) is 6.33 Å². The Labute approximate surface area is 59.5 Å². The van der Waals surface area contributed by atoms with Crippen LogP contribution in [0.4, 0.5) is 13.2 Å². The minimum atomic E-state index is -4.59. The van der Waals surface area contributed by atoms with Crippen molar-refractivity contribution >= 4 is 0 Å². The van der Waals surface area contributed by atoms with Crippen molar-refractivity contribution in [3.63, 3.8) is 0 Å². The van der Waals surface area contributed by atoms with Crippen molar-refractivity contribution in [1.82, 2.24) is 9.97 Å². The summed E-state index contributed by atoms with van der Waals surface area (Å²) in [5, 5.41) is 8.58. The number of nitrogens with zero attached hydrogens (tertiary/aromatic N) is 2. The van der Waals surface area contributed by atoms with E-state index in [9.17, 15) is 13.2 Å². The molecule has 1 aromatic heterocycles. The van der Waals surface area contributed by atoms with Crippen molar-refractivity contribution < 1.29 is 18.3 Å². The van der Waals surface area contributed by atoms with Gasteiger partial charge in [-0.05, 0) is 0 Å². The summed E-state index contributed by atoms with van der Waals surface area (Å²) in [6.45, 7) is 0.